The van der Waals surface area contributed by atoms with E-state index >= 15 is 4.39 Å². The summed E-state index contributed by atoms with van der Waals surface area (Å²) in [5, 5.41) is 23.4. The van der Waals surface area contributed by atoms with Crippen LogP contribution in [0, 0.1) is 46.0 Å². The predicted octanol–water partition coefficient (Wildman–Crippen LogP) is 11.1. The maximum absolute atomic E-state index is 17.7. The third-order valence-electron chi connectivity index (χ3n) is 14.1. The minimum Gasteiger partial charge on any atom is -0.450 e. The first-order valence-electron chi connectivity index (χ1n) is 23.2. The molecular weight excluding hydrogens is 965 g/mol. The van der Waals surface area contributed by atoms with Crippen molar-refractivity contribution in [2.45, 2.75) is 114 Å². The third-order valence-corrected chi connectivity index (χ3v) is 18.5. The summed E-state index contributed by atoms with van der Waals surface area (Å²) in [6.45, 7) is 14.0. The number of fused-ring (bicyclic) bond motifs is 6. The van der Waals surface area contributed by atoms with E-state index in [-0.39, 0.29) is 71.7 Å². The zero-order chi connectivity index (χ0) is 49.6. The number of nitro groups is 1. The van der Waals surface area contributed by atoms with Crippen molar-refractivity contribution in [2.24, 2.45) is 11.8 Å². The Bertz CT molecular complexity index is 3120. The molecule has 5 fully saturated rings. The Morgan fingerprint density at radius 1 is 1.01 bits per heavy atom. The summed E-state index contributed by atoms with van der Waals surface area (Å²) in [5.74, 6) is -1.27. The topological polar surface area (TPSA) is 181 Å². The van der Waals surface area contributed by atoms with Gasteiger partial charge >= 0.3 is 12.2 Å². The summed E-state index contributed by atoms with van der Waals surface area (Å²) >= 11 is 13.2. The number of rotatable bonds is 11. The van der Waals surface area contributed by atoms with Gasteiger partial charge in [0.1, 0.15) is 11.1 Å². The maximum Gasteiger partial charge on any atom is 0.410 e. The van der Waals surface area contributed by atoms with Gasteiger partial charge in [-0.3, -0.25) is 15.0 Å². The van der Waals surface area contributed by atoms with Gasteiger partial charge in [0.25, 0.3) is 5.69 Å². The molecule has 4 saturated heterocycles. The fourth-order valence-electron chi connectivity index (χ4n) is 11.0. The summed E-state index contributed by atoms with van der Waals surface area (Å²) in [5.41, 5.74) is 1.46. The van der Waals surface area contributed by atoms with Crippen LogP contribution >= 0.6 is 23.2 Å². The Balaban J connectivity index is 1.28. The van der Waals surface area contributed by atoms with Crippen molar-refractivity contribution in [2.75, 3.05) is 26.2 Å². The van der Waals surface area contributed by atoms with Crippen molar-refractivity contribution < 1.29 is 36.8 Å². The maximum atomic E-state index is 17.7. The normalized spacial score (nSPS) is 22.5. The van der Waals surface area contributed by atoms with E-state index in [1.165, 1.54) is 22.5 Å². The number of benzene rings is 3. The molecule has 5 aliphatic rings. The quantitative estimate of drug-likeness (QED) is 0.0701. The summed E-state index contributed by atoms with van der Waals surface area (Å²) in [4.78, 5) is 48.0. The molecule has 20 heteroatoms. The fourth-order valence-corrected chi connectivity index (χ4v) is 13.8. The molecule has 10 rings (SSSR count). The van der Waals surface area contributed by atoms with E-state index in [4.69, 9.17) is 37.7 Å². The lowest BCUT2D eigenvalue weighted by atomic mass is 9.79. The number of para-hydroxylation sites is 1. The number of carbonyl (C=O) groups excluding carboxylic acids is 2. The van der Waals surface area contributed by atoms with Crippen LogP contribution < -0.4 is 0 Å². The summed E-state index contributed by atoms with van der Waals surface area (Å²) in [7, 11) is -6.14. The highest BCUT2D eigenvalue weighted by molar-refractivity contribution is 7.89. The number of likely N-dealkylation sites (tertiary alicyclic amines) is 1. The average molecular weight is 1020 g/mol. The average Bonchev–Trinajstić information content (AvgIpc) is 4.04. The molecule has 3 aromatic carbocycles. The number of pyridine rings is 1. The third kappa shape index (κ3) is 8.61. The Labute approximate surface area is 411 Å². The molecule has 4 aliphatic heterocycles. The molecule has 2 aromatic heterocycles. The minimum atomic E-state index is -4.46. The Morgan fingerprint density at radius 2 is 1.75 bits per heavy atom. The van der Waals surface area contributed by atoms with Crippen LogP contribution in [0.5, 0.6) is 0 Å². The van der Waals surface area contributed by atoms with Gasteiger partial charge in [0, 0.05) is 91.4 Å². The van der Waals surface area contributed by atoms with Gasteiger partial charge in [-0.05, 0) is 82.8 Å². The van der Waals surface area contributed by atoms with Gasteiger partial charge < -0.3 is 18.9 Å². The Kier molecular flexibility index (Phi) is 12.6. The largest absolute Gasteiger partial charge is 0.450 e. The predicted molar refractivity (Wildman–Crippen MR) is 263 cm³/mol. The lowest BCUT2D eigenvalue weighted by Gasteiger charge is -2.41. The van der Waals surface area contributed by atoms with Crippen LogP contribution in [0.25, 0.3) is 32.9 Å². The number of nitriles is 1. The minimum absolute atomic E-state index is 0.0443. The number of amides is 2. The molecule has 69 heavy (non-hydrogen) atoms. The number of nitro benzene ring substituents is 1. The number of hydrogen-bond acceptors (Lipinski definition) is 10. The number of aryl methyl sites for hydroxylation is 2. The molecule has 6 heterocycles. The molecule has 364 valence electrons. The summed E-state index contributed by atoms with van der Waals surface area (Å²) < 4.78 is 62.2. The molecule has 2 amide bonds. The van der Waals surface area contributed by atoms with Crippen molar-refractivity contribution in [1.29, 1.82) is 5.26 Å². The Morgan fingerprint density at radius 3 is 2.45 bits per heavy atom. The van der Waals surface area contributed by atoms with Gasteiger partial charge in [-0.1, -0.05) is 67.1 Å². The second kappa shape index (κ2) is 17.8. The summed E-state index contributed by atoms with van der Waals surface area (Å²) in [6, 6.07) is 14.6. The molecule has 0 N–H and O–H groups in total. The van der Waals surface area contributed by atoms with E-state index in [0.717, 1.165) is 6.07 Å². The van der Waals surface area contributed by atoms with Gasteiger partial charge in [-0.15, -0.1) is 0 Å². The highest BCUT2D eigenvalue weighted by Crippen LogP contribution is 2.56. The van der Waals surface area contributed by atoms with Crippen molar-refractivity contribution in [3.63, 3.8) is 0 Å². The lowest BCUT2D eigenvalue weighted by molar-refractivity contribution is -0.387. The number of hydrogen-bond donors (Lipinski definition) is 0. The number of ether oxygens (including phenoxy) is 2. The van der Waals surface area contributed by atoms with Crippen LogP contribution in [-0.4, -0.2) is 101 Å². The molecule has 1 aliphatic carbocycles. The van der Waals surface area contributed by atoms with Gasteiger partial charge in [-0.2, -0.15) is 9.57 Å². The van der Waals surface area contributed by atoms with Crippen LogP contribution in [-0.2, 0) is 25.9 Å². The van der Waals surface area contributed by atoms with Crippen LogP contribution in [0.3, 0.4) is 0 Å². The van der Waals surface area contributed by atoms with Crippen LogP contribution in [0.2, 0.25) is 35.7 Å². The molecule has 15 nitrogen and oxygen atoms in total. The molecule has 0 radical (unpaired) electrons. The zero-order valence-electron chi connectivity index (χ0n) is 39.5. The van der Waals surface area contributed by atoms with Gasteiger partial charge in [0.2, 0.25) is 10.0 Å². The van der Waals surface area contributed by atoms with Gasteiger partial charge in [0.15, 0.2) is 10.7 Å². The molecule has 5 aromatic rings. The first-order valence-corrected chi connectivity index (χ1v) is 29.1. The second-order valence-electron chi connectivity index (χ2n) is 20.9. The van der Waals surface area contributed by atoms with Crippen molar-refractivity contribution in [3.05, 3.63) is 97.5 Å². The number of halogens is 3. The first-order chi connectivity index (χ1) is 32.5. The number of nitrogens with zero attached hydrogens (tertiary/aromatic N) is 7. The van der Waals surface area contributed by atoms with Crippen LogP contribution in [0.15, 0.2) is 59.5 Å². The van der Waals surface area contributed by atoms with Crippen LogP contribution in [0.1, 0.15) is 69.1 Å². The SMILES string of the molecule is Cc1nc2c(F)c(-c3cccc(Cl)c3Cl)c(CCC#N)cc2c2c1cc([C@H]1[C@H]3C[C@H](CN(S(=O)(=O)c4ccccc4[N+](=O)[O-])C3)N1C(=O)OCC[Si](C)(C)C)n2[C@H]1[C@@H]2C[C@H]1N(C(=O)OC(C)(C)C)C2. The highest BCUT2D eigenvalue weighted by atomic mass is 35.5. The second-order valence-corrected chi connectivity index (χ2v) is 29.3. The number of aromatic nitrogens is 2. The van der Waals surface area contributed by atoms with E-state index in [1.807, 2.05) is 12.1 Å². The standard InChI is InChI=1S/C49H54Cl2FN7O8SSi/c1-27-33-23-38(45-29-20-31(57(45)48(61)66-18-19-69(5,6)7)26-55(24-29)68(64,65)39-16-9-8-15-36(39)59(62)63)58(44-30-22-37(44)56(25-30)47(60)67-49(2,3)4)46(33)34-21-28(12-11-17-53)40(42(52)43(34)54-27)32-13-10-14-35(50)41(32)51/h8-10,13-16,21,23,29-31,37,44-45H,11-12,18-20,22,24-26H2,1-7H3/t29-,30+,31+,37+,44-,45+/m0/s1. The smallest absolute Gasteiger partial charge is 0.410 e. The lowest BCUT2D eigenvalue weighted by Crippen LogP contribution is -2.47. The molecule has 1 saturated carbocycles. The molecule has 0 unspecified atom stereocenters. The van der Waals surface area contributed by atoms with E-state index in [2.05, 4.69) is 30.3 Å². The molecule has 6 atom stereocenters. The zero-order valence-corrected chi connectivity index (χ0v) is 42.8. The molecular formula is C49H54Cl2FN7O8SSi. The Hall–Kier alpha value is -5.32. The number of piperidine rings is 1. The van der Waals surface area contributed by atoms with Crippen LogP contribution in [0.4, 0.5) is 19.7 Å². The number of carbonyl (C=O) groups is 2. The van der Waals surface area contributed by atoms with Crippen molar-refractivity contribution in [1.82, 2.24) is 23.7 Å². The van der Waals surface area contributed by atoms with Gasteiger partial charge in [-0.25, -0.2) is 27.4 Å². The van der Waals surface area contributed by atoms with Crippen molar-refractivity contribution in [3.8, 4) is 17.2 Å². The van der Waals surface area contributed by atoms with E-state index < -0.39 is 75.2 Å². The van der Waals surface area contributed by atoms with Crippen molar-refractivity contribution >= 4 is 81.0 Å². The molecule has 4 bridgehead atoms. The molecule has 0 spiro atoms. The van der Waals surface area contributed by atoms with E-state index in [0.29, 0.717) is 64.2 Å². The van der Waals surface area contributed by atoms with E-state index in [9.17, 15) is 33.4 Å². The summed E-state index contributed by atoms with van der Waals surface area (Å²) in [6.07, 6.45) is 0.199. The fraction of sp³-hybridized carbons (Fsp3) is 0.469. The monoisotopic (exact) mass is 1020 g/mol. The number of sulfonamides is 1. The first kappa shape index (κ1) is 48.7. The van der Waals surface area contributed by atoms with Gasteiger partial charge in [0.05, 0.1) is 51.3 Å². The van der Waals surface area contributed by atoms with E-state index in [1.54, 1.807) is 55.7 Å². The highest BCUT2D eigenvalue weighted by Gasteiger charge is 2.59.